The monoisotopic (exact) mass is 426 g/mol. The van der Waals surface area contributed by atoms with Gasteiger partial charge in [0, 0.05) is 18.0 Å². The van der Waals surface area contributed by atoms with Crippen LogP contribution in [-0.2, 0) is 16.1 Å². The second-order valence-corrected chi connectivity index (χ2v) is 6.94. The first-order valence-electron chi connectivity index (χ1n) is 9.90. The van der Waals surface area contributed by atoms with E-state index in [1.165, 1.54) is 0 Å². The molecule has 3 atom stereocenters. The maximum atomic E-state index is 12.3. The SMILES string of the molecule is COc1cccc(NC(=O)N[C@H]2C=C[C@@H](CC(=O)NCc3ccccn3)O[C@H]2CO)c1. The van der Waals surface area contributed by atoms with Crippen molar-refractivity contribution in [2.75, 3.05) is 19.0 Å². The van der Waals surface area contributed by atoms with Crippen LogP contribution in [-0.4, -0.2) is 54.0 Å². The van der Waals surface area contributed by atoms with E-state index in [1.54, 1.807) is 49.7 Å². The Bertz CT molecular complexity index is 906. The van der Waals surface area contributed by atoms with Crippen molar-refractivity contribution in [3.63, 3.8) is 0 Å². The van der Waals surface area contributed by atoms with E-state index in [2.05, 4.69) is 20.9 Å². The van der Waals surface area contributed by atoms with Gasteiger partial charge in [-0.15, -0.1) is 0 Å². The highest BCUT2D eigenvalue weighted by atomic mass is 16.5. The van der Waals surface area contributed by atoms with E-state index >= 15 is 0 Å². The van der Waals surface area contributed by atoms with Crippen LogP contribution >= 0.6 is 0 Å². The molecule has 0 saturated heterocycles. The van der Waals surface area contributed by atoms with E-state index in [0.29, 0.717) is 18.0 Å². The van der Waals surface area contributed by atoms with Crippen molar-refractivity contribution >= 4 is 17.6 Å². The molecule has 1 aliphatic heterocycles. The number of rotatable bonds is 8. The molecular formula is C22H26N4O5. The Hall–Kier alpha value is -3.43. The van der Waals surface area contributed by atoms with Crippen molar-refractivity contribution in [2.24, 2.45) is 0 Å². The molecule has 31 heavy (non-hydrogen) atoms. The summed E-state index contributed by atoms with van der Waals surface area (Å²) in [5.41, 5.74) is 1.33. The summed E-state index contributed by atoms with van der Waals surface area (Å²) < 4.78 is 10.9. The van der Waals surface area contributed by atoms with Crippen LogP contribution < -0.4 is 20.7 Å². The number of nitrogens with one attached hydrogen (secondary N) is 3. The number of carbonyl (C=O) groups is 2. The molecule has 164 valence electrons. The van der Waals surface area contributed by atoms with Gasteiger partial charge in [0.25, 0.3) is 0 Å². The first-order chi connectivity index (χ1) is 15.1. The van der Waals surface area contributed by atoms with Crippen LogP contribution in [0.25, 0.3) is 0 Å². The van der Waals surface area contributed by atoms with E-state index in [-0.39, 0.29) is 18.9 Å². The third-order valence-electron chi connectivity index (χ3n) is 4.67. The van der Waals surface area contributed by atoms with Gasteiger partial charge in [-0.1, -0.05) is 24.3 Å². The molecule has 2 heterocycles. The van der Waals surface area contributed by atoms with Crippen molar-refractivity contribution in [3.05, 3.63) is 66.5 Å². The average Bonchev–Trinajstić information content (AvgIpc) is 2.79. The quantitative estimate of drug-likeness (QED) is 0.476. The van der Waals surface area contributed by atoms with Gasteiger partial charge >= 0.3 is 6.03 Å². The van der Waals surface area contributed by atoms with Gasteiger partial charge in [-0.25, -0.2) is 4.79 Å². The number of methoxy groups -OCH3 is 1. The van der Waals surface area contributed by atoms with Gasteiger partial charge in [-0.2, -0.15) is 0 Å². The van der Waals surface area contributed by atoms with Gasteiger partial charge in [0.05, 0.1) is 44.5 Å². The first kappa shape index (κ1) is 22.3. The molecule has 4 N–H and O–H groups in total. The van der Waals surface area contributed by atoms with Gasteiger partial charge in [-0.3, -0.25) is 9.78 Å². The summed E-state index contributed by atoms with van der Waals surface area (Å²) >= 11 is 0. The highest BCUT2D eigenvalue weighted by molar-refractivity contribution is 5.89. The maximum absolute atomic E-state index is 12.3. The topological polar surface area (TPSA) is 122 Å². The van der Waals surface area contributed by atoms with Crippen molar-refractivity contribution in [1.82, 2.24) is 15.6 Å². The molecule has 0 fully saturated rings. The molecule has 2 aromatic rings. The summed E-state index contributed by atoms with van der Waals surface area (Å²) in [5, 5.41) is 17.9. The molecule has 0 aliphatic carbocycles. The second-order valence-electron chi connectivity index (χ2n) is 6.94. The largest absolute Gasteiger partial charge is 0.497 e. The number of hydrogen-bond donors (Lipinski definition) is 4. The Morgan fingerprint density at radius 2 is 2.06 bits per heavy atom. The molecular weight excluding hydrogens is 400 g/mol. The number of aromatic nitrogens is 1. The van der Waals surface area contributed by atoms with Gasteiger partial charge < -0.3 is 30.5 Å². The molecule has 9 heteroatoms. The van der Waals surface area contributed by atoms with E-state index < -0.39 is 24.3 Å². The highest BCUT2D eigenvalue weighted by Gasteiger charge is 2.29. The lowest BCUT2D eigenvalue weighted by atomic mass is 10.0. The zero-order valence-corrected chi connectivity index (χ0v) is 17.2. The number of urea groups is 1. The van der Waals surface area contributed by atoms with E-state index in [9.17, 15) is 14.7 Å². The summed E-state index contributed by atoms with van der Waals surface area (Å²) in [4.78, 5) is 28.7. The molecule has 9 nitrogen and oxygen atoms in total. The molecule has 0 spiro atoms. The second kappa shape index (κ2) is 11.1. The van der Waals surface area contributed by atoms with Crippen LogP contribution in [0.3, 0.4) is 0 Å². The molecule has 3 rings (SSSR count). The van der Waals surface area contributed by atoms with Crippen LogP contribution in [0.2, 0.25) is 0 Å². The van der Waals surface area contributed by atoms with E-state index in [0.717, 1.165) is 5.69 Å². The van der Waals surface area contributed by atoms with Crippen molar-refractivity contribution in [2.45, 2.75) is 31.2 Å². The number of nitrogens with zero attached hydrogens (tertiary/aromatic N) is 1. The Morgan fingerprint density at radius 3 is 2.81 bits per heavy atom. The normalized spacial score (nSPS) is 20.0. The van der Waals surface area contributed by atoms with Crippen LogP contribution in [0.15, 0.2) is 60.8 Å². The minimum absolute atomic E-state index is 0.0998. The molecule has 0 bridgehead atoms. The summed E-state index contributed by atoms with van der Waals surface area (Å²) in [7, 11) is 1.55. The Labute approximate surface area is 180 Å². The highest BCUT2D eigenvalue weighted by Crippen LogP contribution is 2.18. The van der Waals surface area contributed by atoms with Crippen molar-refractivity contribution in [3.8, 4) is 5.75 Å². The lowest BCUT2D eigenvalue weighted by Gasteiger charge is -2.31. The Balaban J connectivity index is 1.49. The number of hydrogen-bond acceptors (Lipinski definition) is 6. The standard InChI is InChI=1S/C22H26N4O5/c1-30-17-7-4-6-15(11-17)25-22(29)26-19-9-8-18(31-20(19)14-27)12-21(28)24-13-16-5-2-3-10-23-16/h2-11,18-20,27H,12-14H2,1H3,(H,24,28)(H2,25,26,29)/t18-,19-,20-/m0/s1. The van der Waals surface area contributed by atoms with Crippen molar-refractivity contribution < 1.29 is 24.2 Å². The smallest absolute Gasteiger partial charge is 0.319 e. The number of benzene rings is 1. The third-order valence-corrected chi connectivity index (χ3v) is 4.67. The fraction of sp³-hybridized carbons (Fsp3) is 0.318. The van der Waals surface area contributed by atoms with E-state index in [1.807, 2.05) is 18.2 Å². The third kappa shape index (κ3) is 6.80. The average molecular weight is 426 g/mol. The lowest BCUT2D eigenvalue weighted by Crippen LogP contribution is -2.50. The van der Waals surface area contributed by atoms with Gasteiger partial charge in [-0.05, 0) is 24.3 Å². The number of aliphatic hydroxyl groups excluding tert-OH is 1. The fourth-order valence-electron chi connectivity index (χ4n) is 3.10. The molecule has 1 aromatic heterocycles. The zero-order valence-electron chi connectivity index (χ0n) is 17.2. The Kier molecular flexibility index (Phi) is 7.97. The minimum atomic E-state index is -0.672. The summed E-state index contributed by atoms with van der Waals surface area (Å²) in [6.07, 6.45) is 4.03. The molecule has 1 aromatic carbocycles. The number of carbonyl (C=O) groups excluding carboxylic acids is 2. The van der Waals surface area contributed by atoms with Gasteiger partial charge in [0.1, 0.15) is 11.9 Å². The van der Waals surface area contributed by atoms with Gasteiger partial charge in [0.15, 0.2) is 0 Å². The predicted molar refractivity (Wildman–Crippen MR) is 115 cm³/mol. The van der Waals surface area contributed by atoms with Crippen LogP contribution in [0.1, 0.15) is 12.1 Å². The van der Waals surface area contributed by atoms with Crippen LogP contribution in [0, 0.1) is 0 Å². The summed E-state index contributed by atoms with van der Waals surface area (Å²) in [6.45, 7) is 0.0225. The van der Waals surface area contributed by atoms with Gasteiger partial charge in [0.2, 0.25) is 5.91 Å². The number of anilines is 1. The summed E-state index contributed by atoms with van der Waals surface area (Å²) in [6, 6.07) is 11.5. The predicted octanol–water partition coefficient (Wildman–Crippen LogP) is 1.60. The number of ether oxygens (including phenoxy) is 2. The van der Waals surface area contributed by atoms with E-state index in [4.69, 9.17) is 9.47 Å². The molecule has 0 radical (unpaired) electrons. The Morgan fingerprint density at radius 1 is 1.19 bits per heavy atom. The first-order valence-corrected chi connectivity index (χ1v) is 9.90. The number of amides is 3. The van der Waals surface area contributed by atoms with Crippen LogP contribution in [0.4, 0.5) is 10.5 Å². The number of aliphatic hydroxyl groups is 1. The minimum Gasteiger partial charge on any atom is -0.497 e. The zero-order chi connectivity index (χ0) is 22.1. The molecule has 1 aliphatic rings. The number of pyridine rings is 1. The van der Waals surface area contributed by atoms with Crippen molar-refractivity contribution in [1.29, 1.82) is 0 Å². The van der Waals surface area contributed by atoms with Crippen LogP contribution in [0.5, 0.6) is 5.75 Å². The molecule has 3 amide bonds. The fourth-order valence-corrected chi connectivity index (χ4v) is 3.10. The lowest BCUT2D eigenvalue weighted by molar-refractivity contribution is -0.125. The maximum Gasteiger partial charge on any atom is 0.319 e. The molecule has 0 saturated carbocycles. The summed E-state index contributed by atoms with van der Waals surface area (Å²) in [5.74, 6) is 0.426. The molecule has 0 unspecified atom stereocenters.